The Kier molecular flexibility index (Phi) is 5.06. The van der Waals surface area contributed by atoms with Crippen molar-refractivity contribution in [2.75, 3.05) is 6.54 Å². The molecule has 1 fully saturated rings. The summed E-state index contributed by atoms with van der Waals surface area (Å²) < 4.78 is 26.8. The molecule has 2 rings (SSSR count). The molecule has 1 aliphatic rings. The third kappa shape index (κ3) is 4.00. The van der Waals surface area contributed by atoms with Gasteiger partial charge in [-0.1, -0.05) is 12.5 Å². The second-order valence-corrected chi connectivity index (χ2v) is 5.37. The minimum absolute atomic E-state index is 0.200. The van der Waals surface area contributed by atoms with Gasteiger partial charge in [-0.2, -0.15) is 0 Å². The molecule has 1 amide bonds. The van der Waals surface area contributed by atoms with Crippen molar-refractivity contribution in [3.8, 4) is 0 Å². The summed E-state index contributed by atoms with van der Waals surface area (Å²) in [5.74, 6) is -1.55. The summed E-state index contributed by atoms with van der Waals surface area (Å²) in [6.07, 6.45) is 2.80. The maximum Gasteiger partial charge on any atom is 0.224 e. The molecule has 0 saturated heterocycles. The van der Waals surface area contributed by atoms with Crippen LogP contribution in [0.25, 0.3) is 0 Å². The van der Waals surface area contributed by atoms with E-state index < -0.39 is 17.5 Å². The second-order valence-electron chi connectivity index (χ2n) is 5.37. The average molecular weight is 283 g/mol. The number of halogens is 2. The lowest BCUT2D eigenvalue weighted by Crippen LogP contribution is -2.34. The van der Waals surface area contributed by atoms with Crippen LogP contribution in [0.3, 0.4) is 0 Å². The minimum Gasteiger partial charge on any atom is -0.393 e. The molecular weight excluding hydrogens is 264 g/mol. The van der Waals surface area contributed by atoms with Crippen LogP contribution in [0.4, 0.5) is 8.78 Å². The highest BCUT2D eigenvalue weighted by molar-refractivity contribution is 5.78. The van der Waals surface area contributed by atoms with E-state index in [-0.39, 0.29) is 24.0 Å². The molecule has 2 unspecified atom stereocenters. The Morgan fingerprint density at radius 2 is 2.00 bits per heavy atom. The number of hydrogen-bond acceptors (Lipinski definition) is 2. The molecule has 0 heterocycles. The van der Waals surface area contributed by atoms with E-state index in [4.69, 9.17) is 0 Å². The van der Waals surface area contributed by atoms with Gasteiger partial charge in [-0.3, -0.25) is 4.79 Å². The number of aliphatic hydroxyl groups is 1. The molecule has 1 saturated carbocycles. The number of nitrogens with one attached hydrogen (secondary N) is 1. The van der Waals surface area contributed by atoms with Gasteiger partial charge in [-0.15, -0.1) is 0 Å². The van der Waals surface area contributed by atoms with Gasteiger partial charge in [0.15, 0.2) is 0 Å². The van der Waals surface area contributed by atoms with E-state index in [0.29, 0.717) is 13.0 Å². The summed E-state index contributed by atoms with van der Waals surface area (Å²) in [6.45, 7) is 0.450. The van der Waals surface area contributed by atoms with Crippen LogP contribution in [0.15, 0.2) is 18.2 Å². The number of benzene rings is 1. The Morgan fingerprint density at radius 1 is 1.30 bits per heavy atom. The van der Waals surface area contributed by atoms with Crippen molar-refractivity contribution in [1.82, 2.24) is 5.32 Å². The fourth-order valence-corrected chi connectivity index (χ4v) is 2.63. The van der Waals surface area contributed by atoms with Gasteiger partial charge in [0, 0.05) is 12.1 Å². The van der Waals surface area contributed by atoms with E-state index in [9.17, 15) is 18.7 Å². The Labute approximate surface area is 117 Å². The van der Waals surface area contributed by atoms with E-state index in [1.807, 2.05) is 0 Å². The van der Waals surface area contributed by atoms with Gasteiger partial charge in [0.05, 0.1) is 12.5 Å². The molecule has 0 bridgehead atoms. The molecular formula is C15H19F2NO2. The third-order valence-electron chi connectivity index (χ3n) is 3.74. The number of hydrogen-bond donors (Lipinski definition) is 2. The number of amides is 1. The van der Waals surface area contributed by atoms with Crippen LogP contribution in [0, 0.1) is 17.6 Å². The first-order chi connectivity index (χ1) is 9.56. The summed E-state index contributed by atoms with van der Waals surface area (Å²) in [5.41, 5.74) is -0.200. The third-order valence-corrected chi connectivity index (χ3v) is 3.74. The van der Waals surface area contributed by atoms with Crippen LogP contribution in [0.1, 0.15) is 31.2 Å². The Hall–Kier alpha value is -1.49. The smallest absolute Gasteiger partial charge is 0.224 e. The Balaban J connectivity index is 1.83. The summed E-state index contributed by atoms with van der Waals surface area (Å²) in [5, 5.41) is 12.2. The lowest BCUT2D eigenvalue weighted by atomic mass is 9.87. The zero-order chi connectivity index (χ0) is 14.5. The molecule has 2 atom stereocenters. The van der Waals surface area contributed by atoms with Crippen LogP contribution in [-0.2, 0) is 11.2 Å². The zero-order valence-electron chi connectivity index (χ0n) is 11.2. The fraction of sp³-hybridized carbons (Fsp3) is 0.533. The van der Waals surface area contributed by atoms with Crippen LogP contribution >= 0.6 is 0 Å². The van der Waals surface area contributed by atoms with Gasteiger partial charge < -0.3 is 10.4 Å². The quantitative estimate of drug-likeness (QED) is 0.889. The van der Waals surface area contributed by atoms with Crippen LogP contribution < -0.4 is 5.32 Å². The van der Waals surface area contributed by atoms with E-state index in [2.05, 4.69) is 5.32 Å². The predicted molar refractivity (Wildman–Crippen MR) is 71.0 cm³/mol. The van der Waals surface area contributed by atoms with Crippen molar-refractivity contribution >= 4 is 5.91 Å². The SMILES string of the molecule is O=C(Cc1c(F)cccc1F)NCC1CCCC(O)C1. The second kappa shape index (κ2) is 6.79. The van der Waals surface area contributed by atoms with Gasteiger partial charge in [0.2, 0.25) is 5.91 Å². The number of aliphatic hydroxyl groups excluding tert-OH is 1. The Bertz CT molecular complexity index is 459. The maximum absolute atomic E-state index is 13.4. The molecule has 0 aliphatic heterocycles. The highest BCUT2D eigenvalue weighted by Crippen LogP contribution is 2.23. The molecule has 0 aromatic heterocycles. The molecule has 0 spiro atoms. The number of rotatable bonds is 4. The normalized spacial score (nSPS) is 22.6. The number of carbonyl (C=O) groups is 1. The van der Waals surface area contributed by atoms with E-state index in [1.54, 1.807) is 0 Å². The fourth-order valence-electron chi connectivity index (χ4n) is 2.63. The van der Waals surface area contributed by atoms with Crippen LogP contribution in [-0.4, -0.2) is 23.7 Å². The highest BCUT2D eigenvalue weighted by atomic mass is 19.1. The van der Waals surface area contributed by atoms with Crippen LogP contribution in [0.5, 0.6) is 0 Å². The first-order valence-corrected chi connectivity index (χ1v) is 6.94. The summed E-state index contributed by atoms with van der Waals surface area (Å²) >= 11 is 0. The minimum atomic E-state index is -0.701. The van der Waals surface area contributed by atoms with Crippen molar-refractivity contribution in [1.29, 1.82) is 0 Å². The topological polar surface area (TPSA) is 49.3 Å². The summed E-state index contributed by atoms with van der Waals surface area (Å²) in [4.78, 5) is 11.7. The standard InChI is InChI=1S/C15H19F2NO2/c16-13-5-2-6-14(17)12(13)8-15(20)18-9-10-3-1-4-11(19)7-10/h2,5-6,10-11,19H,1,3-4,7-9H2,(H,18,20). The monoisotopic (exact) mass is 283 g/mol. The lowest BCUT2D eigenvalue weighted by molar-refractivity contribution is -0.120. The van der Waals surface area contributed by atoms with E-state index in [0.717, 1.165) is 31.4 Å². The summed E-state index contributed by atoms with van der Waals surface area (Å²) in [6, 6.07) is 3.56. The van der Waals surface area contributed by atoms with Crippen molar-refractivity contribution in [2.24, 2.45) is 5.92 Å². The Morgan fingerprint density at radius 3 is 2.65 bits per heavy atom. The van der Waals surface area contributed by atoms with Crippen LogP contribution in [0.2, 0.25) is 0 Å². The maximum atomic E-state index is 13.4. The predicted octanol–water partition coefficient (Wildman–Crippen LogP) is 2.17. The zero-order valence-corrected chi connectivity index (χ0v) is 11.2. The first-order valence-electron chi connectivity index (χ1n) is 6.94. The van der Waals surface area contributed by atoms with E-state index >= 15 is 0 Å². The highest BCUT2D eigenvalue weighted by Gasteiger charge is 2.21. The first kappa shape index (κ1) is 14.9. The molecule has 20 heavy (non-hydrogen) atoms. The van der Waals surface area contributed by atoms with Gasteiger partial charge in [0.1, 0.15) is 11.6 Å². The molecule has 0 radical (unpaired) electrons. The molecule has 1 aliphatic carbocycles. The van der Waals surface area contributed by atoms with Gasteiger partial charge in [0.25, 0.3) is 0 Å². The van der Waals surface area contributed by atoms with Crippen molar-refractivity contribution in [3.05, 3.63) is 35.4 Å². The van der Waals surface area contributed by atoms with Gasteiger partial charge in [-0.25, -0.2) is 8.78 Å². The molecule has 5 heteroatoms. The average Bonchev–Trinajstić information content (AvgIpc) is 2.41. The van der Waals surface area contributed by atoms with Gasteiger partial charge in [-0.05, 0) is 37.3 Å². The molecule has 110 valence electrons. The van der Waals surface area contributed by atoms with E-state index in [1.165, 1.54) is 6.07 Å². The number of carbonyl (C=O) groups excluding carboxylic acids is 1. The molecule has 3 nitrogen and oxygen atoms in total. The molecule has 1 aromatic carbocycles. The van der Waals surface area contributed by atoms with Crippen molar-refractivity contribution in [3.63, 3.8) is 0 Å². The molecule has 1 aromatic rings. The van der Waals surface area contributed by atoms with Crippen molar-refractivity contribution < 1.29 is 18.7 Å². The van der Waals surface area contributed by atoms with Crippen molar-refractivity contribution in [2.45, 2.75) is 38.2 Å². The summed E-state index contributed by atoms with van der Waals surface area (Å²) in [7, 11) is 0. The molecule has 2 N–H and O–H groups in total. The largest absolute Gasteiger partial charge is 0.393 e. The van der Waals surface area contributed by atoms with Gasteiger partial charge >= 0.3 is 0 Å². The lowest BCUT2D eigenvalue weighted by Gasteiger charge is -2.25.